The fourth-order valence-electron chi connectivity index (χ4n) is 5.58. The molecule has 0 radical (unpaired) electrons. The largest absolute Gasteiger partial charge is 0.410 e. The van der Waals surface area contributed by atoms with Crippen molar-refractivity contribution in [3.63, 3.8) is 0 Å². The van der Waals surface area contributed by atoms with Gasteiger partial charge in [0.25, 0.3) is 0 Å². The molecule has 0 aliphatic carbocycles. The number of alkyl halides is 1. The summed E-state index contributed by atoms with van der Waals surface area (Å²) in [6.07, 6.45) is -1.70. The third-order valence-corrected chi connectivity index (χ3v) is 14.3. The maximum Gasteiger partial charge on any atom is 0.341 e. The molecule has 2 aromatic rings. The highest BCUT2D eigenvalue weighted by Crippen LogP contribution is 2.48. The summed E-state index contributed by atoms with van der Waals surface area (Å²) in [4.78, 5) is 38.1. The monoisotopic (exact) mass is 743 g/mol. The SMILES string of the molecule is CC(C)OC[C@H]1O[C@@H](n2cnc3c(Cl)nc(NC(=O)C(C)C)nc32)[C@@](F)(C#C[Si](C)(C)C)[C@@H]1O[Si](O)(C(C)C)C(C)CC(C)SC(C)C. The molecule has 0 aromatic carbocycles. The Kier molecular flexibility index (Phi) is 13.8. The minimum atomic E-state index is -3.65. The quantitative estimate of drug-likeness (QED) is 0.115. The van der Waals surface area contributed by atoms with E-state index in [4.69, 9.17) is 25.5 Å². The van der Waals surface area contributed by atoms with E-state index in [0.717, 1.165) is 0 Å². The second-order valence-corrected chi connectivity index (χ2v) is 26.1. The number of nitrogens with zero attached hydrogens (tertiary/aromatic N) is 4. The van der Waals surface area contributed by atoms with E-state index in [1.54, 1.807) is 13.8 Å². The normalized spacial score (nSPS) is 24.3. The molecule has 10 nitrogen and oxygen atoms in total. The molecular formula is C33H55ClFN5O5SSi2. The van der Waals surface area contributed by atoms with Crippen LogP contribution in [0.4, 0.5) is 10.3 Å². The zero-order chi connectivity index (χ0) is 36.4. The topological polar surface area (TPSA) is 121 Å². The number of hydrogen-bond acceptors (Lipinski definition) is 9. The van der Waals surface area contributed by atoms with Gasteiger partial charge in [0.1, 0.15) is 25.8 Å². The summed E-state index contributed by atoms with van der Waals surface area (Å²) in [5.74, 6) is 2.28. The van der Waals surface area contributed by atoms with Gasteiger partial charge in [-0.05, 0) is 31.1 Å². The van der Waals surface area contributed by atoms with E-state index in [-0.39, 0.29) is 63.1 Å². The van der Waals surface area contributed by atoms with Gasteiger partial charge < -0.3 is 18.7 Å². The predicted octanol–water partition coefficient (Wildman–Crippen LogP) is 7.53. The van der Waals surface area contributed by atoms with Crippen molar-refractivity contribution in [2.24, 2.45) is 5.92 Å². The Morgan fingerprint density at radius 1 is 1.17 bits per heavy atom. The average Bonchev–Trinajstić information content (AvgIpc) is 3.48. The lowest BCUT2D eigenvalue weighted by molar-refractivity contribution is -0.118. The van der Waals surface area contributed by atoms with Crippen molar-refractivity contribution in [2.45, 2.75) is 147 Å². The Labute approximate surface area is 297 Å². The van der Waals surface area contributed by atoms with Gasteiger partial charge in [-0.15, -0.1) is 5.54 Å². The first-order valence-electron chi connectivity index (χ1n) is 16.9. The molecule has 1 amide bonds. The number of imidazole rings is 1. The number of thioether (sulfide) groups is 1. The van der Waals surface area contributed by atoms with Crippen LogP contribution in [-0.4, -0.2) is 87.9 Å². The number of hydrogen-bond donors (Lipinski definition) is 2. The van der Waals surface area contributed by atoms with Crippen LogP contribution in [0.15, 0.2) is 6.33 Å². The van der Waals surface area contributed by atoms with Crippen molar-refractivity contribution >= 4 is 63.0 Å². The molecule has 1 aliphatic rings. The first-order valence-corrected chi connectivity index (χ1v) is 23.7. The van der Waals surface area contributed by atoms with Gasteiger partial charge in [-0.2, -0.15) is 21.7 Å². The fourth-order valence-corrected chi connectivity index (χ4v) is 10.9. The van der Waals surface area contributed by atoms with Crippen molar-refractivity contribution in [3.05, 3.63) is 11.5 Å². The summed E-state index contributed by atoms with van der Waals surface area (Å²) in [7, 11) is -5.78. The van der Waals surface area contributed by atoms with Crippen LogP contribution in [0.1, 0.15) is 81.9 Å². The van der Waals surface area contributed by atoms with E-state index in [0.29, 0.717) is 11.7 Å². The van der Waals surface area contributed by atoms with Crippen LogP contribution >= 0.6 is 23.4 Å². The molecule has 3 heterocycles. The van der Waals surface area contributed by atoms with Crippen LogP contribution in [0, 0.1) is 17.4 Å². The smallest absolute Gasteiger partial charge is 0.341 e. The number of amides is 1. The fraction of sp³-hybridized carbons (Fsp3) is 0.758. The molecule has 1 fully saturated rings. The number of rotatable bonds is 14. The van der Waals surface area contributed by atoms with Crippen LogP contribution < -0.4 is 5.32 Å². The molecular weight excluding hydrogens is 689 g/mol. The van der Waals surface area contributed by atoms with Crippen LogP contribution in [0.5, 0.6) is 0 Å². The number of anilines is 1. The first kappa shape index (κ1) is 40.8. The third kappa shape index (κ3) is 9.81. The van der Waals surface area contributed by atoms with Crippen molar-refractivity contribution in [1.29, 1.82) is 0 Å². The van der Waals surface area contributed by atoms with Gasteiger partial charge in [0, 0.05) is 16.7 Å². The lowest BCUT2D eigenvalue weighted by Gasteiger charge is -2.40. The summed E-state index contributed by atoms with van der Waals surface area (Å²) >= 11 is 8.34. The number of carbonyl (C=O) groups excluding carboxylic acids is 1. The standard InChI is InChI=1S/C33H55ClFN5O5SSi2/c1-19(2)30(41)39-32-37-28(34)26-29(38-32)40(18-36-26)31-33(35,14-15-47(11,12)13)27(25(44-31)17-43-20(3)4)45-48(42,22(7)8)24(10)16-23(9)46-21(5)6/h18-25,27,31,42H,16-17H2,1-13H3,(H,37,38,39,41)/t23?,24?,25-,27-,31-,33-,48?/m1/s1. The minimum Gasteiger partial charge on any atom is -0.410 e. The molecule has 1 saturated heterocycles. The highest BCUT2D eigenvalue weighted by atomic mass is 35.5. The molecule has 270 valence electrons. The molecule has 3 unspecified atom stereocenters. The molecule has 0 saturated carbocycles. The second kappa shape index (κ2) is 16.2. The van der Waals surface area contributed by atoms with E-state index in [9.17, 15) is 9.59 Å². The van der Waals surface area contributed by atoms with Crippen molar-refractivity contribution in [1.82, 2.24) is 19.5 Å². The molecule has 48 heavy (non-hydrogen) atoms. The highest BCUT2D eigenvalue weighted by molar-refractivity contribution is 8.00. The Balaban J connectivity index is 2.22. The van der Waals surface area contributed by atoms with Gasteiger partial charge in [-0.3, -0.25) is 14.7 Å². The molecule has 0 bridgehead atoms. The van der Waals surface area contributed by atoms with Crippen LogP contribution in [0.3, 0.4) is 0 Å². The number of aromatic nitrogens is 4. The molecule has 2 N–H and O–H groups in total. The zero-order valence-electron chi connectivity index (χ0n) is 30.7. The summed E-state index contributed by atoms with van der Waals surface area (Å²) < 4.78 is 39.0. The Hall–Kier alpha value is -1.58. The van der Waals surface area contributed by atoms with Gasteiger partial charge >= 0.3 is 8.56 Å². The lowest BCUT2D eigenvalue weighted by atomic mass is 9.97. The van der Waals surface area contributed by atoms with E-state index >= 15 is 4.39 Å². The Bertz CT molecular complexity index is 1480. The van der Waals surface area contributed by atoms with Crippen molar-refractivity contribution in [3.8, 4) is 11.5 Å². The van der Waals surface area contributed by atoms with Gasteiger partial charge in [-0.25, -0.2) is 9.37 Å². The number of ether oxygens (including phenoxy) is 2. The highest BCUT2D eigenvalue weighted by Gasteiger charge is 2.62. The van der Waals surface area contributed by atoms with Crippen molar-refractivity contribution < 1.29 is 27.9 Å². The number of carbonyl (C=O) groups is 1. The maximum atomic E-state index is 18.3. The number of fused-ring (bicyclic) bond motifs is 1. The van der Waals surface area contributed by atoms with Gasteiger partial charge in [0.05, 0.1) is 19.0 Å². The Morgan fingerprint density at radius 2 is 1.81 bits per heavy atom. The molecule has 7 atom stereocenters. The van der Waals surface area contributed by atoms with E-state index in [2.05, 4.69) is 52.5 Å². The Morgan fingerprint density at radius 3 is 2.35 bits per heavy atom. The third-order valence-electron chi connectivity index (χ3n) is 8.07. The summed E-state index contributed by atoms with van der Waals surface area (Å²) in [5, 5.41) is 3.35. The minimum absolute atomic E-state index is 0.00769. The summed E-state index contributed by atoms with van der Waals surface area (Å²) in [6.45, 7) is 25.7. The molecule has 2 aromatic heterocycles. The van der Waals surface area contributed by atoms with E-state index in [1.807, 2.05) is 66.0 Å². The van der Waals surface area contributed by atoms with Crippen molar-refractivity contribution in [2.75, 3.05) is 11.9 Å². The van der Waals surface area contributed by atoms with Gasteiger partial charge in [0.15, 0.2) is 17.0 Å². The number of halogens is 2. The van der Waals surface area contributed by atoms with E-state index < -0.39 is 40.7 Å². The molecule has 3 rings (SSSR count). The maximum absolute atomic E-state index is 18.3. The molecule has 15 heteroatoms. The summed E-state index contributed by atoms with van der Waals surface area (Å²) in [5.41, 5.74) is 0.657. The van der Waals surface area contributed by atoms with Gasteiger partial charge in [-0.1, -0.05) is 92.6 Å². The van der Waals surface area contributed by atoms with Crippen LogP contribution in [0.25, 0.3) is 11.2 Å². The average molecular weight is 745 g/mol. The summed E-state index contributed by atoms with van der Waals surface area (Å²) in [6, 6.07) is 0. The zero-order valence-corrected chi connectivity index (χ0v) is 34.3. The molecule has 1 aliphatic heterocycles. The van der Waals surface area contributed by atoms with Crippen LogP contribution in [-0.2, 0) is 18.7 Å². The van der Waals surface area contributed by atoms with Gasteiger partial charge in [0.2, 0.25) is 17.5 Å². The first-order chi connectivity index (χ1) is 22.1. The lowest BCUT2D eigenvalue weighted by Crippen LogP contribution is -2.56. The number of nitrogens with one attached hydrogen (secondary N) is 1. The second-order valence-electron chi connectivity index (χ2n) is 15.1. The van der Waals surface area contributed by atoms with E-state index in [1.165, 1.54) is 10.9 Å². The van der Waals surface area contributed by atoms with Crippen LogP contribution in [0.2, 0.25) is 35.9 Å². The predicted molar refractivity (Wildman–Crippen MR) is 198 cm³/mol. The molecule has 0 spiro atoms.